The predicted octanol–water partition coefficient (Wildman–Crippen LogP) is 2.89. The van der Waals surface area contributed by atoms with E-state index in [0.717, 1.165) is 0 Å². The van der Waals surface area contributed by atoms with Crippen molar-refractivity contribution in [3.63, 3.8) is 0 Å². The molecule has 1 amide bonds. The summed E-state index contributed by atoms with van der Waals surface area (Å²) in [6.45, 7) is 6.07. The Hall–Kier alpha value is -1.74. The fourth-order valence-electron chi connectivity index (χ4n) is 2.33. The Kier molecular flexibility index (Phi) is 6.94. The van der Waals surface area contributed by atoms with Gasteiger partial charge in [-0.1, -0.05) is 6.07 Å². The number of anilines is 1. The lowest BCUT2D eigenvalue weighted by atomic mass is 10.2. The average Bonchev–Trinajstić information content (AvgIpc) is 3.06. The van der Waals surface area contributed by atoms with Crippen molar-refractivity contribution in [3.8, 4) is 0 Å². The zero-order valence-electron chi connectivity index (χ0n) is 15.4. The second-order valence-corrected chi connectivity index (χ2v) is 9.21. The first kappa shape index (κ1) is 20.6. The molecule has 0 saturated carbocycles. The number of amides is 1. The Morgan fingerprint density at radius 1 is 1.15 bits per heavy atom. The van der Waals surface area contributed by atoms with Gasteiger partial charge in [0.2, 0.25) is 15.9 Å². The summed E-state index contributed by atoms with van der Waals surface area (Å²) in [5.41, 5.74) is 0.565. The van der Waals surface area contributed by atoms with Gasteiger partial charge in [-0.2, -0.15) is 0 Å². The molecule has 2 N–H and O–H groups in total. The quantitative estimate of drug-likeness (QED) is 0.720. The van der Waals surface area contributed by atoms with Crippen molar-refractivity contribution in [2.24, 2.45) is 0 Å². The molecule has 2 aromatic rings. The fourth-order valence-corrected chi connectivity index (χ4v) is 4.35. The number of nitrogens with one attached hydrogen (secondary N) is 2. The van der Waals surface area contributed by atoms with Crippen molar-refractivity contribution in [1.29, 1.82) is 0 Å². The van der Waals surface area contributed by atoms with Crippen LogP contribution in [0, 0.1) is 0 Å². The van der Waals surface area contributed by atoms with E-state index in [1.807, 2.05) is 36.4 Å². The molecule has 1 aromatic heterocycles. The van der Waals surface area contributed by atoms with Crippen LogP contribution in [0.1, 0.15) is 25.6 Å². The number of carbonyl (C=O) groups is 1. The van der Waals surface area contributed by atoms with Crippen molar-refractivity contribution in [3.05, 3.63) is 46.7 Å². The summed E-state index contributed by atoms with van der Waals surface area (Å²) in [6, 6.07) is 9.69. The van der Waals surface area contributed by atoms with Gasteiger partial charge in [-0.05, 0) is 63.5 Å². The topological polar surface area (TPSA) is 78.5 Å². The first-order valence-electron chi connectivity index (χ1n) is 8.35. The maximum absolute atomic E-state index is 12.4. The highest BCUT2D eigenvalue weighted by Gasteiger charge is 2.19. The predicted molar refractivity (Wildman–Crippen MR) is 106 cm³/mol. The third-order valence-electron chi connectivity index (χ3n) is 3.85. The third-order valence-corrected chi connectivity index (χ3v) is 6.38. The van der Waals surface area contributed by atoms with E-state index >= 15 is 0 Å². The maximum Gasteiger partial charge on any atom is 0.241 e. The van der Waals surface area contributed by atoms with Crippen molar-refractivity contribution in [2.75, 3.05) is 12.4 Å². The number of likely N-dealkylation sites (N-methyl/N-ethyl adjacent to an activating group) is 1. The van der Waals surface area contributed by atoms with Crippen LogP contribution in [0.3, 0.4) is 0 Å². The number of thiophene rings is 1. The Bertz CT molecular complexity index is 816. The van der Waals surface area contributed by atoms with Crippen LogP contribution < -0.4 is 10.0 Å². The molecular formula is C18H25N3O3S2. The zero-order chi connectivity index (χ0) is 19.3. The van der Waals surface area contributed by atoms with E-state index in [9.17, 15) is 13.2 Å². The van der Waals surface area contributed by atoms with Gasteiger partial charge in [0.05, 0.1) is 10.9 Å². The lowest BCUT2D eigenvalue weighted by Crippen LogP contribution is -2.39. The van der Waals surface area contributed by atoms with Crippen LogP contribution in [0.15, 0.2) is 46.7 Å². The molecule has 0 aliphatic carbocycles. The van der Waals surface area contributed by atoms with E-state index in [1.54, 1.807) is 37.3 Å². The minimum Gasteiger partial charge on any atom is -0.325 e. The molecule has 2 rings (SSSR count). The average molecular weight is 396 g/mol. The summed E-state index contributed by atoms with van der Waals surface area (Å²) >= 11 is 1.66. The maximum atomic E-state index is 12.4. The number of hydrogen-bond acceptors (Lipinski definition) is 5. The highest BCUT2D eigenvalue weighted by atomic mass is 32.2. The second kappa shape index (κ2) is 8.77. The van der Waals surface area contributed by atoms with Crippen molar-refractivity contribution in [1.82, 2.24) is 9.62 Å². The molecule has 1 heterocycles. The summed E-state index contributed by atoms with van der Waals surface area (Å²) in [5, 5.41) is 4.84. The Morgan fingerprint density at radius 3 is 2.35 bits per heavy atom. The zero-order valence-corrected chi connectivity index (χ0v) is 17.0. The molecule has 6 nitrogen and oxygen atoms in total. The van der Waals surface area contributed by atoms with E-state index in [2.05, 4.69) is 10.0 Å². The highest BCUT2D eigenvalue weighted by Crippen LogP contribution is 2.16. The van der Waals surface area contributed by atoms with E-state index in [1.165, 1.54) is 17.0 Å². The monoisotopic (exact) mass is 395 g/mol. The molecular weight excluding hydrogens is 370 g/mol. The molecule has 0 unspecified atom stereocenters. The van der Waals surface area contributed by atoms with Crippen LogP contribution in [0.25, 0.3) is 0 Å². The van der Waals surface area contributed by atoms with Crippen LogP contribution in [0.5, 0.6) is 0 Å². The lowest BCUT2D eigenvalue weighted by Gasteiger charge is -2.23. The number of nitrogens with zero attached hydrogens (tertiary/aromatic N) is 1. The summed E-state index contributed by atoms with van der Waals surface area (Å²) in [5.74, 6) is -0.139. The van der Waals surface area contributed by atoms with Gasteiger partial charge in [0, 0.05) is 23.2 Å². The third kappa shape index (κ3) is 5.63. The van der Waals surface area contributed by atoms with E-state index in [-0.39, 0.29) is 22.9 Å². The molecule has 0 aliphatic rings. The van der Waals surface area contributed by atoms with Crippen LogP contribution in [-0.4, -0.2) is 38.4 Å². The van der Waals surface area contributed by atoms with Crippen LogP contribution in [0.4, 0.5) is 5.69 Å². The first-order chi connectivity index (χ1) is 12.2. The Labute approximate surface area is 159 Å². The summed E-state index contributed by atoms with van der Waals surface area (Å²) in [7, 11) is -1.63. The van der Waals surface area contributed by atoms with Gasteiger partial charge in [-0.15, -0.1) is 11.3 Å². The molecule has 0 spiro atoms. The minimum atomic E-state index is -3.53. The van der Waals surface area contributed by atoms with E-state index < -0.39 is 10.0 Å². The van der Waals surface area contributed by atoms with Crippen LogP contribution in [0.2, 0.25) is 0 Å². The standard InChI is InChI=1S/C18H25N3O3S2/c1-13(2)20-26(23,24)17-9-7-15(8-10-17)19-18(22)14(3)21(4)12-16-6-5-11-25-16/h5-11,13-14,20H,12H2,1-4H3,(H,19,22)/t14-/m0/s1. The molecule has 142 valence electrons. The van der Waals surface area contributed by atoms with Gasteiger partial charge < -0.3 is 5.32 Å². The molecule has 8 heteroatoms. The molecule has 1 atom stereocenters. The number of carbonyl (C=O) groups excluding carboxylic acids is 1. The summed E-state index contributed by atoms with van der Waals surface area (Å²) in [4.78, 5) is 15.8. The smallest absolute Gasteiger partial charge is 0.241 e. The Balaban J connectivity index is 1.98. The van der Waals surface area contributed by atoms with Crippen molar-refractivity contribution < 1.29 is 13.2 Å². The normalized spacial score (nSPS) is 13.2. The van der Waals surface area contributed by atoms with Gasteiger partial charge >= 0.3 is 0 Å². The SMILES string of the molecule is CC(C)NS(=O)(=O)c1ccc(NC(=O)[C@H](C)N(C)Cc2cccs2)cc1. The number of benzene rings is 1. The number of hydrogen-bond donors (Lipinski definition) is 2. The largest absolute Gasteiger partial charge is 0.325 e. The van der Waals surface area contributed by atoms with Crippen LogP contribution >= 0.6 is 11.3 Å². The van der Waals surface area contributed by atoms with Gasteiger partial charge in [0.1, 0.15) is 0 Å². The van der Waals surface area contributed by atoms with Gasteiger partial charge in [0.15, 0.2) is 0 Å². The highest BCUT2D eigenvalue weighted by molar-refractivity contribution is 7.89. The van der Waals surface area contributed by atoms with Crippen molar-refractivity contribution >= 4 is 33.0 Å². The molecule has 0 radical (unpaired) electrons. The van der Waals surface area contributed by atoms with E-state index in [0.29, 0.717) is 12.2 Å². The number of rotatable bonds is 8. The molecule has 1 aromatic carbocycles. The van der Waals surface area contributed by atoms with Gasteiger partial charge in [-0.3, -0.25) is 9.69 Å². The van der Waals surface area contributed by atoms with Gasteiger partial charge in [0.25, 0.3) is 0 Å². The van der Waals surface area contributed by atoms with Crippen LogP contribution in [-0.2, 0) is 21.4 Å². The summed E-state index contributed by atoms with van der Waals surface area (Å²) < 4.78 is 26.8. The molecule has 0 saturated heterocycles. The molecule has 0 bridgehead atoms. The Morgan fingerprint density at radius 2 is 1.81 bits per heavy atom. The molecule has 0 aliphatic heterocycles. The van der Waals surface area contributed by atoms with Crippen molar-refractivity contribution in [2.45, 2.75) is 44.3 Å². The lowest BCUT2D eigenvalue weighted by molar-refractivity contribution is -0.120. The van der Waals surface area contributed by atoms with E-state index in [4.69, 9.17) is 0 Å². The van der Waals surface area contributed by atoms with Gasteiger partial charge in [-0.25, -0.2) is 13.1 Å². The molecule has 0 fully saturated rings. The fraction of sp³-hybridized carbons (Fsp3) is 0.389. The molecule has 26 heavy (non-hydrogen) atoms. The first-order valence-corrected chi connectivity index (χ1v) is 10.7. The number of sulfonamides is 1. The minimum absolute atomic E-state index is 0.139. The second-order valence-electron chi connectivity index (χ2n) is 6.46. The summed E-state index contributed by atoms with van der Waals surface area (Å²) in [6.07, 6.45) is 0.